The van der Waals surface area contributed by atoms with Crippen molar-refractivity contribution in [3.8, 4) is 5.75 Å². The van der Waals surface area contributed by atoms with Gasteiger partial charge in [0.2, 0.25) is 10.0 Å². The fourth-order valence-electron chi connectivity index (χ4n) is 4.68. The second kappa shape index (κ2) is 11.4. The van der Waals surface area contributed by atoms with E-state index < -0.39 is 10.0 Å². The van der Waals surface area contributed by atoms with Crippen LogP contribution in [0.2, 0.25) is 0 Å². The molecule has 9 nitrogen and oxygen atoms in total. The Morgan fingerprint density at radius 3 is 2.81 bits per heavy atom. The number of fused-ring (bicyclic) bond motifs is 1. The van der Waals surface area contributed by atoms with Crippen LogP contribution >= 0.6 is 0 Å². The van der Waals surface area contributed by atoms with Crippen LogP contribution in [0.25, 0.3) is 5.57 Å². The first-order valence-electron chi connectivity index (χ1n) is 12.3. The number of ether oxygens (including phenoxy) is 1. The number of rotatable bonds is 8. The Morgan fingerprint density at radius 2 is 2.03 bits per heavy atom. The van der Waals surface area contributed by atoms with Crippen LogP contribution in [-0.2, 0) is 10.0 Å². The van der Waals surface area contributed by atoms with E-state index in [0.717, 1.165) is 55.5 Å². The van der Waals surface area contributed by atoms with Crippen molar-refractivity contribution in [2.24, 2.45) is 16.7 Å². The Morgan fingerprint density at radius 1 is 1.25 bits per heavy atom. The number of piperidine rings is 1. The van der Waals surface area contributed by atoms with Gasteiger partial charge in [-0.25, -0.2) is 24.1 Å². The van der Waals surface area contributed by atoms with E-state index in [-0.39, 0.29) is 5.60 Å². The van der Waals surface area contributed by atoms with Crippen molar-refractivity contribution >= 4 is 21.4 Å². The maximum Gasteiger partial charge on any atom is 0.208 e. The van der Waals surface area contributed by atoms with Gasteiger partial charge in [-0.05, 0) is 55.6 Å². The van der Waals surface area contributed by atoms with E-state index in [9.17, 15) is 8.42 Å². The van der Waals surface area contributed by atoms with Gasteiger partial charge in [-0.15, -0.1) is 5.10 Å². The maximum atomic E-state index is 11.1. The molecule has 0 amide bonds. The molecule has 1 saturated heterocycles. The lowest BCUT2D eigenvalue weighted by Gasteiger charge is -2.40. The summed E-state index contributed by atoms with van der Waals surface area (Å²) in [5.41, 5.74) is 10.4. The van der Waals surface area contributed by atoms with Gasteiger partial charge in [0.15, 0.2) is 5.84 Å². The highest BCUT2D eigenvalue weighted by atomic mass is 32.2. The van der Waals surface area contributed by atoms with E-state index in [4.69, 9.17) is 16.3 Å². The molecule has 0 saturated carbocycles. The Labute approximate surface area is 213 Å². The van der Waals surface area contributed by atoms with Crippen LogP contribution in [0.1, 0.15) is 37.7 Å². The molecule has 2 heterocycles. The fourth-order valence-corrected chi connectivity index (χ4v) is 5.19. The minimum absolute atomic E-state index is 0.263. The van der Waals surface area contributed by atoms with Crippen molar-refractivity contribution in [3.63, 3.8) is 0 Å². The Balaban J connectivity index is 1.47. The third kappa shape index (κ3) is 6.85. The number of sulfonamides is 1. The van der Waals surface area contributed by atoms with Crippen LogP contribution in [0.4, 0.5) is 0 Å². The predicted octanol–water partition coefficient (Wildman–Crippen LogP) is 2.17. The highest BCUT2D eigenvalue weighted by Gasteiger charge is 2.37. The molecule has 1 aliphatic carbocycles. The number of allylic oxidation sites excluding steroid dienone is 5. The normalized spacial score (nSPS) is 22.2. The first kappa shape index (κ1) is 26.2. The van der Waals surface area contributed by atoms with Gasteiger partial charge in [-0.2, -0.15) is 0 Å². The molecular weight excluding hydrogens is 476 g/mol. The van der Waals surface area contributed by atoms with Gasteiger partial charge in [-0.3, -0.25) is 0 Å². The summed E-state index contributed by atoms with van der Waals surface area (Å²) in [6.45, 7) is 2.56. The Kier molecular flexibility index (Phi) is 8.30. The molecule has 1 fully saturated rings. The Bertz CT molecular complexity index is 1210. The van der Waals surface area contributed by atoms with Crippen molar-refractivity contribution in [2.45, 2.75) is 37.7 Å². The summed E-state index contributed by atoms with van der Waals surface area (Å²) in [6, 6.07) is 8.28. The minimum Gasteiger partial charge on any atom is -0.482 e. The van der Waals surface area contributed by atoms with Crippen LogP contribution in [0.3, 0.4) is 0 Å². The van der Waals surface area contributed by atoms with Crippen molar-refractivity contribution in [1.29, 1.82) is 0 Å². The number of hydrogen-bond donors (Lipinski definition) is 4. The highest BCUT2D eigenvalue weighted by molar-refractivity contribution is 7.88. The van der Waals surface area contributed by atoms with Crippen LogP contribution < -0.4 is 26.4 Å². The molecule has 0 unspecified atom stereocenters. The van der Waals surface area contributed by atoms with E-state index in [1.165, 1.54) is 16.3 Å². The van der Waals surface area contributed by atoms with Crippen LogP contribution in [-0.4, -0.2) is 57.4 Å². The molecule has 2 aliphatic heterocycles. The maximum absolute atomic E-state index is 11.1. The molecule has 1 aromatic rings. The average molecular weight is 513 g/mol. The zero-order valence-electron chi connectivity index (χ0n) is 20.7. The number of nitrogens with zero attached hydrogens (tertiary/aromatic N) is 2. The third-order valence-corrected chi connectivity index (χ3v) is 7.22. The number of nitrogens with two attached hydrogens (primary N) is 2. The monoisotopic (exact) mass is 512 g/mol. The largest absolute Gasteiger partial charge is 0.482 e. The van der Waals surface area contributed by atoms with E-state index in [1.54, 1.807) is 0 Å². The minimum atomic E-state index is -3.21. The van der Waals surface area contributed by atoms with E-state index >= 15 is 0 Å². The number of benzene rings is 1. The topological polar surface area (TPSA) is 135 Å². The van der Waals surface area contributed by atoms with Gasteiger partial charge < -0.3 is 15.8 Å². The second-order valence-electron chi connectivity index (χ2n) is 9.37. The summed E-state index contributed by atoms with van der Waals surface area (Å²) >= 11 is 0. The number of amidine groups is 1. The smallest absolute Gasteiger partial charge is 0.208 e. The zero-order chi connectivity index (χ0) is 25.6. The Hall–Kier alpha value is -2.92. The van der Waals surface area contributed by atoms with Crippen LogP contribution in [0.5, 0.6) is 5.75 Å². The lowest BCUT2D eigenvalue weighted by molar-refractivity contribution is 0.0816. The summed E-state index contributed by atoms with van der Waals surface area (Å²) in [4.78, 5) is 0. The number of hydrazone groups is 1. The van der Waals surface area contributed by atoms with Gasteiger partial charge in [-0.1, -0.05) is 42.5 Å². The molecule has 0 aromatic heterocycles. The molecule has 36 heavy (non-hydrogen) atoms. The predicted molar refractivity (Wildman–Crippen MR) is 144 cm³/mol. The zero-order valence-corrected chi connectivity index (χ0v) is 21.6. The van der Waals surface area contributed by atoms with E-state index in [1.807, 2.05) is 18.2 Å². The molecule has 1 aromatic carbocycles. The molecule has 0 atom stereocenters. The number of para-hydroxylation sites is 1. The molecule has 6 N–H and O–H groups in total. The van der Waals surface area contributed by atoms with Crippen molar-refractivity contribution < 1.29 is 13.2 Å². The van der Waals surface area contributed by atoms with E-state index in [0.29, 0.717) is 31.8 Å². The molecule has 194 valence electrons. The summed E-state index contributed by atoms with van der Waals surface area (Å²) < 4.78 is 31.2. The van der Waals surface area contributed by atoms with Gasteiger partial charge in [0.05, 0.1) is 12.8 Å². The standard InChI is InChI=1S/C26H36N6O3S/c1-36(33,34)30-15-6-18-32(28)31-25(27)21-9-4-7-20(8-5-10-21)23-19-26(13-16-29-17-14-26)35-24-12-3-2-11-22(23)24/h2-4,8-12,19,29-30H,5-7,13-18,28H2,1H3,(H2,27,31)/b9-4-,20-8+,21-10?. The van der Waals surface area contributed by atoms with Crippen LogP contribution in [0.15, 0.2) is 70.9 Å². The molecule has 10 heteroatoms. The molecule has 0 radical (unpaired) electrons. The van der Waals surface area contributed by atoms with Gasteiger partial charge in [0.1, 0.15) is 11.4 Å². The third-order valence-electron chi connectivity index (χ3n) is 6.49. The lowest BCUT2D eigenvalue weighted by atomic mass is 9.82. The average Bonchev–Trinajstić information content (AvgIpc) is 2.81. The van der Waals surface area contributed by atoms with Gasteiger partial charge in [0, 0.05) is 30.5 Å². The summed E-state index contributed by atoms with van der Waals surface area (Å²) in [5.74, 6) is 7.21. The first-order valence-corrected chi connectivity index (χ1v) is 14.2. The second-order valence-corrected chi connectivity index (χ2v) is 11.2. The van der Waals surface area contributed by atoms with Crippen molar-refractivity contribution in [1.82, 2.24) is 15.2 Å². The quantitative estimate of drug-likeness (QED) is 0.138. The molecule has 1 spiro atoms. The number of hydrazine groups is 1. The molecule has 3 aliphatic rings. The SMILES string of the molecule is CS(=O)(=O)NCCCN(N)/N=C(\N)C1=CC/C=C(/C2=CC3(CCNCC3)Oc3ccccc32)C/C=C\1. The first-order chi connectivity index (χ1) is 17.2. The number of hydrogen-bond acceptors (Lipinski definition) is 7. The summed E-state index contributed by atoms with van der Waals surface area (Å²) in [6.07, 6.45) is 15.7. The summed E-state index contributed by atoms with van der Waals surface area (Å²) in [7, 11) is -3.21. The number of nitrogens with one attached hydrogen (secondary N) is 2. The van der Waals surface area contributed by atoms with Crippen molar-refractivity contribution in [2.75, 3.05) is 32.4 Å². The van der Waals surface area contributed by atoms with Gasteiger partial charge >= 0.3 is 0 Å². The van der Waals surface area contributed by atoms with Gasteiger partial charge in [0.25, 0.3) is 0 Å². The summed E-state index contributed by atoms with van der Waals surface area (Å²) in [5, 5.41) is 8.94. The van der Waals surface area contributed by atoms with Crippen molar-refractivity contribution in [3.05, 3.63) is 71.4 Å². The molecule has 4 rings (SSSR count). The van der Waals surface area contributed by atoms with Crippen LogP contribution in [0, 0.1) is 0 Å². The fraction of sp³-hybridized carbons (Fsp3) is 0.423. The van der Waals surface area contributed by atoms with E-state index in [2.05, 4.69) is 51.6 Å². The highest BCUT2D eigenvalue weighted by Crippen LogP contribution is 2.43. The molecular formula is C26H36N6O3S. The lowest BCUT2D eigenvalue weighted by Crippen LogP contribution is -2.46. The molecule has 0 bridgehead atoms.